The second-order valence-corrected chi connectivity index (χ2v) is 20.0. The van der Waals surface area contributed by atoms with Crippen LogP contribution in [0.2, 0.25) is 0 Å². The fraction of sp³-hybridized carbons (Fsp3) is 0.107. The number of fused-ring (bicyclic) bond motifs is 18. The molecule has 61 heavy (non-hydrogen) atoms. The zero-order chi connectivity index (χ0) is 39.9. The number of rotatable bonds is 1. The minimum Gasteiger partial charge on any atom is -0.308 e. The molecule has 0 fully saturated rings. The predicted molar refractivity (Wildman–Crippen MR) is 256 cm³/mol. The van der Waals surface area contributed by atoms with Crippen LogP contribution in [0, 0.1) is 0 Å². The number of para-hydroxylation sites is 1. The summed E-state index contributed by atoms with van der Waals surface area (Å²) in [7, 11) is 0. The average molecular weight is 814 g/mol. The largest absolute Gasteiger partial charge is 0.308 e. The van der Waals surface area contributed by atoms with E-state index in [0.29, 0.717) is 0 Å². The fourth-order valence-corrected chi connectivity index (χ4v) is 14.8. The Balaban J connectivity index is 1.07. The first kappa shape index (κ1) is 33.1. The number of benzene rings is 7. The molecule has 4 aromatic heterocycles. The quantitative estimate of drug-likeness (QED) is 0.165. The molecule has 0 unspecified atom stereocenters. The highest BCUT2D eigenvalue weighted by Crippen LogP contribution is 2.64. The number of nitrogens with zero attached hydrogens (tertiary/aromatic N) is 3. The summed E-state index contributed by atoms with van der Waals surface area (Å²) >= 11 is 3.87. The summed E-state index contributed by atoms with van der Waals surface area (Å²) in [5.74, 6) is 0. The number of aromatic nitrogens is 2. The summed E-state index contributed by atoms with van der Waals surface area (Å²) in [6.07, 6.45) is 6.04. The molecule has 0 amide bonds. The van der Waals surface area contributed by atoms with E-state index in [9.17, 15) is 0 Å². The number of thiophene rings is 2. The van der Waals surface area contributed by atoms with Gasteiger partial charge in [0.25, 0.3) is 0 Å². The Kier molecular flexibility index (Phi) is 6.07. The first-order valence-electron chi connectivity index (χ1n) is 21.4. The lowest BCUT2D eigenvalue weighted by Gasteiger charge is -2.42. The van der Waals surface area contributed by atoms with Crippen molar-refractivity contribution in [3.63, 3.8) is 0 Å². The third kappa shape index (κ3) is 3.84. The second-order valence-electron chi connectivity index (χ2n) is 17.9. The minimum absolute atomic E-state index is 0.188. The fourth-order valence-electron chi connectivity index (χ4n) is 12.3. The van der Waals surface area contributed by atoms with Crippen LogP contribution in [0.5, 0.6) is 0 Å². The molecule has 1 aliphatic heterocycles. The normalized spacial score (nSPS) is 15.8. The third-order valence-corrected chi connectivity index (χ3v) is 17.2. The summed E-state index contributed by atoms with van der Waals surface area (Å²) < 4.78 is 5.31. The molecular formula is C56H35N3S2. The van der Waals surface area contributed by atoms with Crippen molar-refractivity contribution in [3.05, 3.63) is 196 Å². The molecule has 15 rings (SSSR count). The Morgan fingerprint density at radius 1 is 0.475 bits per heavy atom. The van der Waals surface area contributed by atoms with E-state index in [1.807, 2.05) is 35.1 Å². The highest BCUT2D eigenvalue weighted by atomic mass is 32.1. The summed E-state index contributed by atoms with van der Waals surface area (Å²) in [6.45, 7) is 4.81. The summed E-state index contributed by atoms with van der Waals surface area (Å²) in [4.78, 5) is 12.7. The third-order valence-electron chi connectivity index (χ3n) is 14.8. The molecule has 3 aliphatic carbocycles. The summed E-state index contributed by atoms with van der Waals surface area (Å²) in [6, 6.07) is 53.4. The molecule has 0 atom stereocenters. The molecule has 0 saturated heterocycles. The molecule has 0 N–H and O–H groups in total. The van der Waals surface area contributed by atoms with Crippen LogP contribution in [0.4, 0.5) is 17.1 Å². The molecule has 0 radical (unpaired) electrons. The van der Waals surface area contributed by atoms with Gasteiger partial charge < -0.3 is 4.90 Å². The maximum Gasteiger partial charge on any atom is 0.0937 e. The number of hydrogen-bond acceptors (Lipinski definition) is 5. The van der Waals surface area contributed by atoms with E-state index in [-0.39, 0.29) is 5.41 Å². The minimum atomic E-state index is -0.547. The van der Waals surface area contributed by atoms with Gasteiger partial charge in [-0.1, -0.05) is 111 Å². The Hall–Kier alpha value is -6.66. The van der Waals surface area contributed by atoms with Gasteiger partial charge in [0, 0.05) is 59.0 Å². The SMILES string of the molecule is CC1(C)c2ccccc2N(c2cccc3c2sc2c4c(ccc23)C2(c3cccnc3-c3ncccc32)c2ccc3c5c(ccc-4c25)CC3)c2cc3sc4ccccc4c3cc21. The highest BCUT2D eigenvalue weighted by molar-refractivity contribution is 7.27. The Morgan fingerprint density at radius 2 is 1.16 bits per heavy atom. The molecule has 286 valence electrons. The molecule has 0 bridgehead atoms. The maximum atomic E-state index is 5.06. The second kappa shape index (κ2) is 11.2. The van der Waals surface area contributed by atoms with Crippen molar-refractivity contribution in [1.82, 2.24) is 9.97 Å². The molecule has 3 nitrogen and oxygen atoms in total. The molecular weight excluding hydrogens is 779 g/mol. The molecule has 11 aromatic rings. The van der Waals surface area contributed by atoms with E-state index in [4.69, 9.17) is 9.97 Å². The zero-order valence-corrected chi connectivity index (χ0v) is 35.1. The van der Waals surface area contributed by atoms with Crippen LogP contribution in [0.1, 0.15) is 58.4 Å². The molecule has 4 aliphatic rings. The van der Waals surface area contributed by atoms with Gasteiger partial charge in [-0.25, -0.2) is 0 Å². The lowest BCUT2D eigenvalue weighted by atomic mass is 9.61. The average Bonchev–Trinajstić information content (AvgIpc) is 4.07. The van der Waals surface area contributed by atoms with Crippen LogP contribution in [0.3, 0.4) is 0 Å². The van der Waals surface area contributed by atoms with Gasteiger partial charge in [0.15, 0.2) is 0 Å². The van der Waals surface area contributed by atoms with E-state index in [0.717, 1.165) is 24.2 Å². The maximum absolute atomic E-state index is 5.06. The van der Waals surface area contributed by atoms with Gasteiger partial charge in [-0.3, -0.25) is 9.97 Å². The molecule has 5 heterocycles. The molecule has 5 heteroatoms. The Morgan fingerprint density at radius 3 is 2.00 bits per heavy atom. The van der Waals surface area contributed by atoms with Crippen molar-refractivity contribution in [2.24, 2.45) is 0 Å². The summed E-state index contributed by atoms with van der Waals surface area (Å²) in [5, 5.41) is 8.16. The van der Waals surface area contributed by atoms with Gasteiger partial charge in [0.05, 0.1) is 38.6 Å². The van der Waals surface area contributed by atoms with Crippen LogP contribution >= 0.6 is 22.7 Å². The van der Waals surface area contributed by atoms with Crippen molar-refractivity contribution < 1.29 is 0 Å². The predicted octanol–water partition coefficient (Wildman–Crippen LogP) is 14.9. The number of pyridine rings is 2. The lowest BCUT2D eigenvalue weighted by Crippen LogP contribution is -2.32. The van der Waals surface area contributed by atoms with Crippen LogP contribution < -0.4 is 4.90 Å². The highest BCUT2D eigenvalue weighted by Gasteiger charge is 2.52. The zero-order valence-electron chi connectivity index (χ0n) is 33.5. The summed E-state index contributed by atoms with van der Waals surface area (Å²) in [5.41, 5.74) is 18.5. The number of aryl methyl sites for hydroxylation is 2. The molecule has 1 spiro atoms. The van der Waals surface area contributed by atoms with E-state index in [1.165, 1.54) is 124 Å². The molecule has 7 aromatic carbocycles. The van der Waals surface area contributed by atoms with Gasteiger partial charge in [-0.15, -0.1) is 22.7 Å². The first-order chi connectivity index (χ1) is 30.0. The van der Waals surface area contributed by atoms with Crippen molar-refractivity contribution >= 4 is 90.9 Å². The van der Waals surface area contributed by atoms with E-state index < -0.39 is 5.41 Å². The standard InChI is InChI=1S/C56H35N3S2/c1-55(2)37-12-4-5-15-43(37)59(45-29-47-36(28-42(45)55)32-10-3-6-17-46(32)60-47)44-16-7-11-33-34-23-25-39-50(54(34)61-53(33)44)35-22-20-30-18-19-31-21-24-38(49(35)48(30)31)56(39)40-13-8-26-57-51(40)52-41(56)14-9-27-58-52/h3-17,20-29H,18-19H2,1-2H3. The van der Waals surface area contributed by atoms with Crippen molar-refractivity contribution in [2.75, 3.05) is 4.90 Å². The van der Waals surface area contributed by atoms with E-state index in [2.05, 4.69) is 158 Å². The number of hydrogen-bond donors (Lipinski definition) is 0. The molecule has 0 saturated carbocycles. The van der Waals surface area contributed by atoms with Crippen molar-refractivity contribution in [2.45, 2.75) is 37.5 Å². The monoisotopic (exact) mass is 813 g/mol. The Bertz CT molecular complexity index is 3770. The van der Waals surface area contributed by atoms with Crippen LogP contribution in [-0.4, -0.2) is 9.97 Å². The van der Waals surface area contributed by atoms with Crippen molar-refractivity contribution in [3.8, 4) is 22.5 Å². The number of anilines is 3. The van der Waals surface area contributed by atoms with Gasteiger partial charge in [-0.2, -0.15) is 0 Å². The van der Waals surface area contributed by atoms with Crippen LogP contribution in [0.15, 0.2) is 152 Å². The van der Waals surface area contributed by atoms with Gasteiger partial charge in [0.1, 0.15) is 0 Å². The van der Waals surface area contributed by atoms with Crippen LogP contribution in [-0.2, 0) is 23.7 Å². The first-order valence-corrected chi connectivity index (χ1v) is 23.0. The Labute approximate surface area is 360 Å². The van der Waals surface area contributed by atoms with Crippen LogP contribution in [0.25, 0.3) is 73.6 Å². The lowest BCUT2D eigenvalue weighted by molar-refractivity contribution is 0.633. The van der Waals surface area contributed by atoms with Gasteiger partial charge in [0.2, 0.25) is 0 Å². The van der Waals surface area contributed by atoms with Gasteiger partial charge >= 0.3 is 0 Å². The smallest absolute Gasteiger partial charge is 0.0937 e. The van der Waals surface area contributed by atoms with Gasteiger partial charge in [-0.05, 0) is 116 Å². The van der Waals surface area contributed by atoms with Crippen molar-refractivity contribution in [1.29, 1.82) is 0 Å². The topological polar surface area (TPSA) is 29.0 Å². The van der Waals surface area contributed by atoms with E-state index in [1.54, 1.807) is 0 Å². The van der Waals surface area contributed by atoms with E-state index >= 15 is 0 Å².